The van der Waals surface area contributed by atoms with Crippen molar-refractivity contribution in [3.63, 3.8) is 0 Å². The van der Waals surface area contributed by atoms with E-state index in [0.29, 0.717) is 13.1 Å². The van der Waals surface area contributed by atoms with Crippen molar-refractivity contribution in [1.29, 1.82) is 0 Å². The Morgan fingerprint density at radius 2 is 1.75 bits per heavy atom. The number of hydrogen-bond donors (Lipinski definition) is 1. The van der Waals surface area contributed by atoms with E-state index in [4.69, 9.17) is 0 Å². The molecule has 0 radical (unpaired) electrons. The van der Waals surface area contributed by atoms with E-state index in [1.807, 2.05) is 61.5 Å². The Morgan fingerprint density at radius 1 is 1.10 bits per heavy atom. The van der Waals surface area contributed by atoms with Crippen LogP contribution in [0.1, 0.15) is 12.5 Å². The van der Waals surface area contributed by atoms with E-state index in [0.717, 1.165) is 15.7 Å². The molecule has 0 aliphatic rings. The lowest BCUT2D eigenvalue weighted by molar-refractivity contribution is 0.246. The first-order valence-electron chi connectivity index (χ1n) is 6.55. The number of nitrogens with one attached hydrogen (secondary N) is 1. The maximum absolute atomic E-state index is 12.2. The Labute approximate surface area is 127 Å². The van der Waals surface area contributed by atoms with Crippen LogP contribution in [0.5, 0.6) is 0 Å². The third kappa shape index (κ3) is 3.84. The lowest BCUT2D eigenvalue weighted by Gasteiger charge is -2.21. The monoisotopic (exact) mass is 332 g/mol. The van der Waals surface area contributed by atoms with E-state index >= 15 is 0 Å². The number of benzene rings is 2. The highest BCUT2D eigenvalue weighted by atomic mass is 79.9. The molecule has 0 saturated heterocycles. The van der Waals surface area contributed by atoms with Gasteiger partial charge >= 0.3 is 6.03 Å². The highest BCUT2D eigenvalue weighted by Gasteiger charge is 2.12. The summed E-state index contributed by atoms with van der Waals surface area (Å²) in [4.78, 5) is 13.9. The number of carbonyl (C=O) groups is 1. The summed E-state index contributed by atoms with van der Waals surface area (Å²) in [7, 11) is 0. The third-order valence-corrected chi connectivity index (χ3v) is 3.51. The van der Waals surface area contributed by atoms with Gasteiger partial charge in [-0.15, -0.1) is 0 Å². The number of hydrogen-bond acceptors (Lipinski definition) is 1. The number of urea groups is 1. The minimum Gasteiger partial charge on any atom is -0.334 e. The molecule has 0 aliphatic carbocycles. The first-order valence-corrected chi connectivity index (χ1v) is 7.35. The SMILES string of the molecule is CCN(C(=O)NCc1ccc(Br)cc1)c1ccccc1. The molecule has 0 atom stereocenters. The molecule has 0 saturated carbocycles. The first kappa shape index (κ1) is 14.6. The molecule has 0 heterocycles. The van der Waals surface area contributed by atoms with Crippen molar-refractivity contribution < 1.29 is 4.79 Å². The summed E-state index contributed by atoms with van der Waals surface area (Å²) in [6.07, 6.45) is 0. The molecule has 0 fully saturated rings. The fourth-order valence-electron chi connectivity index (χ4n) is 1.93. The third-order valence-electron chi connectivity index (χ3n) is 2.99. The minimum absolute atomic E-state index is 0.0818. The number of anilines is 1. The second-order valence-electron chi connectivity index (χ2n) is 4.36. The lowest BCUT2D eigenvalue weighted by atomic mass is 10.2. The molecule has 2 amide bonds. The van der Waals surface area contributed by atoms with Gasteiger partial charge in [0.05, 0.1) is 0 Å². The van der Waals surface area contributed by atoms with Crippen LogP contribution in [0.4, 0.5) is 10.5 Å². The number of halogens is 1. The molecule has 3 nitrogen and oxygen atoms in total. The van der Waals surface area contributed by atoms with Crippen LogP contribution < -0.4 is 10.2 Å². The van der Waals surface area contributed by atoms with E-state index in [1.54, 1.807) is 4.90 Å². The zero-order valence-corrected chi connectivity index (χ0v) is 12.9. The molecule has 0 unspecified atom stereocenters. The Bertz CT molecular complexity index is 554. The second kappa shape index (κ2) is 7.10. The van der Waals surface area contributed by atoms with Gasteiger partial charge in [-0.1, -0.05) is 46.3 Å². The van der Waals surface area contributed by atoms with Crippen LogP contribution >= 0.6 is 15.9 Å². The van der Waals surface area contributed by atoms with Crippen molar-refractivity contribution in [2.75, 3.05) is 11.4 Å². The van der Waals surface area contributed by atoms with Gasteiger partial charge in [-0.05, 0) is 36.8 Å². The summed E-state index contributed by atoms with van der Waals surface area (Å²) >= 11 is 3.39. The van der Waals surface area contributed by atoms with Gasteiger partial charge in [-0.2, -0.15) is 0 Å². The van der Waals surface area contributed by atoms with Crippen LogP contribution in [0.15, 0.2) is 59.1 Å². The Hall–Kier alpha value is -1.81. The maximum Gasteiger partial charge on any atom is 0.322 e. The standard InChI is InChI=1S/C16H17BrN2O/c1-2-19(15-6-4-3-5-7-15)16(20)18-12-13-8-10-14(17)11-9-13/h3-11H,2,12H2,1H3,(H,18,20). The van der Waals surface area contributed by atoms with Crippen LogP contribution in [0, 0.1) is 0 Å². The van der Waals surface area contributed by atoms with Crippen LogP contribution in [0.3, 0.4) is 0 Å². The van der Waals surface area contributed by atoms with E-state index in [9.17, 15) is 4.79 Å². The predicted molar refractivity (Wildman–Crippen MR) is 85.8 cm³/mol. The minimum atomic E-state index is -0.0818. The van der Waals surface area contributed by atoms with Gasteiger partial charge in [0.15, 0.2) is 0 Å². The van der Waals surface area contributed by atoms with Gasteiger partial charge in [0, 0.05) is 23.2 Å². The molecule has 4 heteroatoms. The zero-order valence-electron chi connectivity index (χ0n) is 11.3. The van der Waals surface area contributed by atoms with Gasteiger partial charge in [-0.25, -0.2) is 4.79 Å². The first-order chi connectivity index (χ1) is 9.70. The van der Waals surface area contributed by atoms with Gasteiger partial charge < -0.3 is 5.32 Å². The average Bonchev–Trinajstić information content (AvgIpc) is 2.48. The molecule has 2 rings (SSSR count). The normalized spacial score (nSPS) is 10.1. The molecule has 1 N–H and O–H groups in total. The number of carbonyl (C=O) groups excluding carboxylic acids is 1. The van der Waals surface area contributed by atoms with Crippen molar-refractivity contribution in [2.45, 2.75) is 13.5 Å². The summed E-state index contributed by atoms with van der Waals surface area (Å²) in [6, 6.07) is 17.5. The quantitative estimate of drug-likeness (QED) is 0.894. The zero-order chi connectivity index (χ0) is 14.4. The van der Waals surface area contributed by atoms with Crippen molar-refractivity contribution >= 4 is 27.6 Å². The van der Waals surface area contributed by atoms with Crippen LogP contribution in [-0.2, 0) is 6.54 Å². The van der Waals surface area contributed by atoms with Crippen LogP contribution in [0.2, 0.25) is 0 Å². The molecular formula is C16H17BrN2O. The number of nitrogens with zero attached hydrogens (tertiary/aromatic N) is 1. The van der Waals surface area contributed by atoms with Crippen molar-refractivity contribution in [3.8, 4) is 0 Å². The van der Waals surface area contributed by atoms with Crippen molar-refractivity contribution in [1.82, 2.24) is 5.32 Å². The van der Waals surface area contributed by atoms with Gasteiger partial charge in [0.2, 0.25) is 0 Å². The topological polar surface area (TPSA) is 32.3 Å². The van der Waals surface area contributed by atoms with Gasteiger partial charge in [0.1, 0.15) is 0 Å². The molecule has 0 spiro atoms. The number of amides is 2. The molecule has 0 bridgehead atoms. The molecule has 104 valence electrons. The Balaban J connectivity index is 1.98. The second-order valence-corrected chi connectivity index (χ2v) is 5.28. The summed E-state index contributed by atoms with van der Waals surface area (Å²) in [5.41, 5.74) is 1.98. The molecule has 0 aromatic heterocycles. The summed E-state index contributed by atoms with van der Waals surface area (Å²) in [5.74, 6) is 0. The van der Waals surface area contributed by atoms with Crippen molar-refractivity contribution in [3.05, 3.63) is 64.6 Å². The maximum atomic E-state index is 12.2. The number of para-hydroxylation sites is 1. The van der Waals surface area contributed by atoms with E-state index < -0.39 is 0 Å². The van der Waals surface area contributed by atoms with Gasteiger partial charge in [-0.3, -0.25) is 4.90 Å². The molecule has 0 aliphatic heterocycles. The summed E-state index contributed by atoms with van der Waals surface area (Å²) < 4.78 is 1.03. The number of rotatable bonds is 4. The average molecular weight is 333 g/mol. The molecule has 20 heavy (non-hydrogen) atoms. The Morgan fingerprint density at radius 3 is 2.35 bits per heavy atom. The highest BCUT2D eigenvalue weighted by Crippen LogP contribution is 2.13. The largest absolute Gasteiger partial charge is 0.334 e. The van der Waals surface area contributed by atoms with E-state index in [-0.39, 0.29) is 6.03 Å². The lowest BCUT2D eigenvalue weighted by Crippen LogP contribution is -2.39. The van der Waals surface area contributed by atoms with E-state index in [1.165, 1.54) is 0 Å². The summed E-state index contributed by atoms with van der Waals surface area (Å²) in [5, 5.41) is 2.94. The van der Waals surface area contributed by atoms with E-state index in [2.05, 4.69) is 21.2 Å². The molecular weight excluding hydrogens is 316 g/mol. The van der Waals surface area contributed by atoms with Crippen LogP contribution in [0.25, 0.3) is 0 Å². The fraction of sp³-hybridized carbons (Fsp3) is 0.188. The van der Waals surface area contributed by atoms with Gasteiger partial charge in [0.25, 0.3) is 0 Å². The molecule has 2 aromatic carbocycles. The Kier molecular flexibility index (Phi) is 5.18. The highest BCUT2D eigenvalue weighted by molar-refractivity contribution is 9.10. The van der Waals surface area contributed by atoms with Crippen molar-refractivity contribution in [2.24, 2.45) is 0 Å². The molecule has 2 aromatic rings. The smallest absolute Gasteiger partial charge is 0.322 e. The predicted octanol–water partition coefficient (Wildman–Crippen LogP) is 4.19. The fourth-order valence-corrected chi connectivity index (χ4v) is 2.19. The van der Waals surface area contributed by atoms with Crippen LogP contribution in [-0.4, -0.2) is 12.6 Å². The summed E-state index contributed by atoms with van der Waals surface area (Å²) in [6.45, 7) is 3.12.